The summed E-state index contributed by atoms with van der Waals surface area (Å²) in [5.41, 5.74) is 6.79. The first-order valence-electron chi connectivity index (χ1n) is 12.2. The van der Waals surface area contributed by atoms with Crippen LogP contribution in [-0.4, -0.2) is 59.4 Å². The molecule has 4 heterocycles. The molecule has 1 saturated heterocycles. The summed E-state index contributed by atoms with van der Waals surface area (Å²) in [6, 6.07) is 11.2. The highest BCUT2D eigenvalue weighted by Gasteiger charge is 2.56. The Bertz CT molecular complexity index is 1690. The van der Waals surface area contributed by atoms with E-state index in [2.05, 4.69) is 37.2 Å². The van der Waals surface area contributed by atoms with Crippen molar-refractivity contribution in [2.75, 3.05) is 5.32 Å². The van der Waals surface area contributed by atoms with E-state index >= 15 is 0 Å². The summed E-state index contributed by atoms with van der Waals surface area (Å²) in [5.74, 6) is 5.49. The molecule has 39 heavy (non-hydrogen) atoms. The van der Waals surface area contributed by atoms with E-state index < -0.39 is 11.9 Å². The maximum atomic E-state index is 13.5. The van der Waals surface area contributed by atoms with Gasteiger partial charge in [0.15, 0.2) is 5.69 Å². The van der Waals surface area contributed by atoms with E-state index in [1.54, 1.807) is 59.8 Å². The van der Waals surface area contributed by atoms with Gasteiger partial charge in [-0.2, -0.15) is 5.10 Å². The van der Waals surface area contributed by atoms with Crippen LogP contribution in [0.15, 0.2) is 54.9 Å². The number of halogens is 1. The molecule has 3 atom stereocenters. The number of nitrogens with two attached hydrogens (primary N) is 1. The summed E-state index contributed by atoms with van der Waals surface area (Å²) in [5, 5.41) is 7.83. The van der Waals surface area contributed by atoms with Crippen LogP contribution < -0.4 is 11.1 Å². The predicted octanol–water partition coefficient (Wildman–Crippen LogP) is 2.00. The first kappa shape index (κ1) is 24.5. The minimum atomic E-state index is -0.725. The lowest BCUT2D eigenvalue weighted by molar-refractivity contribution is -0.138. The van der Waals surface area contributed by atoms with Crippen LogP contribution in [0.1, 0.15) is 34.7 Å². The Labute approximate surface area is 227 Å². The highest BCUT2D eigenvalue weighted by Crippen LogP contribution is 2.48. The molecule has 0 spiro atoms. The number of aromatic nitrogens is 5. The number of carbonyl (C=O) groups excluding carboxylic acids is 3. The fraction of sp³-hybridized carbons (Fsp3) is 0.222. The zero-order chi connectivity index (χ0) is 27.1. The molecule has 3 amide bonds. The van der Waals surface area contributed by atoms with Crippen LogP contribution >= 0.6 is 11.6 Å². The van der Waals surface area contributed by atoms with Gasteiger partial charge in [-0.05, 0) is 61.1 Å². The molecule has 194 valence electrons. The average Bonchev–Trinajstić information content (AvgIpc) is 3.43. The fourth-order valence-electron chi connectivity index (χ4n) is 5.00. The van der Waals surface area contributed by atoms with Crippen LogP contribution in [0, 0.1) is 17.8 Å². The Hall–Kier alpha value is -4.82. The molecule has 1 aliphatic carbocycles. The number of hydrogen-bond donors (Lipinski definition) is 2. The molecule has 11 nitrogen and oxygen atoms in total. The molecule has 1 aliphatic heterocycles. The van der Waals surface area contributed by atoms with Crippen molar-refractivity contribution in [3.8, 4) is 11.8 Å². The zero-order valence-corrected chi connectivity index (χ0v) is 21.2. The number of anilines is 1. The Morgan fingerprint density at radius 2 is 1.90 bits per heavy atom. The second-order valence-corrected chi connectivity index (χ2v) is 9.76. The lowest BCUT2D eigenvalue weighted by Gasteiger charge is -2.26. The molecule has 6 rings (SSSR count). The van der Waals surface area contributed by atoms with Gasteiger partial charge >= 0.3 is 0 Å². The molecular weight excluding hydrogens is 520 g/mol. The number of carbonyl (C=O) groups is 3. The molecule has 1 aromatic carbocycles. The summed E-state index contributed by atoms with van der Waals surface area (Å²) in [4.78, 5) is 52.7. The van der Waals surface area contributed by atoms with Gasteiger partial charge in [0.05, 0.1) is 5.52 Å². The van der Waals surface area contributed by atoms with Crippen LogP contribution in [0.2, 0.25) is 5.15 Å². The predicted molar refractivity (Wildman–Crippen MR) is 141 cm³/mol. The highest BCUT2D eigenvalue weighted by molar-refractivity contribution is 6.29. The third-order valence-electron chi connectivity index (χ3n) is 6.81. The number of hydrogen-bond acceptors (Lipinski definition) is 7. The molecule has 12 heteroatoms. The van der Waals surface area contributed by atoms with Crippen molar-refractivity contribution in [2.45, 2.75) is 31.5 Å². The van der Waals surface area contributed by atoms with Gasteiger partial charge in [-0.1, -0.05) is 23.6 Å². The van der Waals surface area contributed by atoms with Gasteiger partial charge in [0.25, 0.3) is 5.91 Å². The topological polar surface area (TPSA) is 149 Å². The van der Waals surface area contributed by atoms with Crippen LogP contribution in [0.5, 0.6) is 0 Å². The quantitative estimate of drug-likeness (QED) is 0.290. The van der Waals surface area contributed by atoms with Crippen molar-refractivity contribution in [3.05, 3.63) is 77.1 Å². The number of pyridine rings is 1. The lowest BCUT2D eigenvalue weighted by atomic mass is 10.1. The van der Waals surface area contributed by atoms with Gasteiger partial charge < -0.3 is 16.0 Å². The molecule has 1 saturated carbocycles. The number of fused-ring (bicyclic) bond motifs is 2. The van der Waals surface area contributed by atoms with Crippen molar-refractivity contribution < 1.29 is 14.4 Å². The lowest BCUT2D eigenvalue weighted by Crippen LogP contribution is -2.46. The maximum absolute atomic E-state index is 13.5. The number of primary amides is 1. The molecule has 0 radical (unpaired) electrons. The third kappa shape index (κ3) is 4.89. The second-order valence-electron chi connectivity index (χ2n) is 9.38. The fourth-order valence-corrected chi connectivity index (χ4v) is 5.16. The second kappa shape index (κ2) is 9.81. The molecule has 1 unspecified atom stereocenters. The van der Waals surface area contributed by atoms with Gasteiger partial charge in [-0.25, -0.2) is 15.0 Å². The first-order chi connectivity index (χ1) is 18.9. The number of benzene rings is 1. The number of amides is 3. The summed E-state index contributed by atoms with van der Waals surface area (Å²) < 4.78 is 1.44. The highest BCUT2D eigenvalue weighted by atomic mass is 35.5. The Morgan fingerprint density at radius 1 is 1.08 bits per heavy atom. The van der Waals surface area contributed by atoms with Crippen LogP contribution in [0.25, 0.3) is 10.9 Å². The van der Waals surface area contributed by atoms with Crippen molar-refractivity contribution in [2.24, 2.45) is 11.7 Å². The van der Waals surface area contributed by atoms with E-state index in [4.69, 9.17) is 17.3 Å². The van der Waals surface area contributed by atoms with Crippen LogP contribution in [0.4, 0.5) is 5.82 Å². The summed E-state index contributed by atoms with van der Waals surface area (Å²) >= 11 is 5.93. The Kier molecular flexibility index (Phi) is 6.17. The van der Waals surface area contributed by atoms with E-state index in [1.165, 1.54) is 4.68 Å². The number of likely N-dealkylation sites (tertiary alicyclic amines) is 1. The van der Waals surface area contributed by atoms with Gasteiger partial charge in [0, 0.05) is 29.4 Å². The number of nitrogens with zero attached hydrogens (tertiary/aromatic N) is 6. The summed E-state index contributed by atoms with van der Waals surface area (Å²) in [7, 11) is 0. The standard InChI is InChI=1S/C27H21ClN8O3/c28-21-3-1-4-23(32-21)33-27(39)20-13-16-12-19(16)36(20)24(37)14-35-18-7-5-15(6-8-22-30-9-2-10-31-22)11-17(18)25(34-35)26(29)38/h1-5,7,9-11,16,19-20H,12-14H2,(H2,29,38)(H,32,33,39)/t16-,19?,20+/m1/s1. The summed E-state index contributed by atoms with van der Waals surface area (Å²) in [6.45, 7) is -0.158. The van der Waals surface area contributed by atoms with Crippen molar-refractivity contribution in [1.82, 2.24) is 29.6 Å². The van der Waals surface area contributed by atoms with E-state index in [0.29, 0.717) is 34.5 Å². The van der Waals surface area contributed by atoms with Crippen molar-refractivity contribution in [1.29, 1.82) is 0 Å². The molecule has 2 aliphatic rings. The Morgan fingerprint density at radius 3 is 2.67 bits per heavy atom. The number of rotatable bonds is 5. The molecule has 3 aromatic heterocycles. The van der Waals surface area contributed by atoms with Crippen molar-refractivity contribution >= 4 is 46.0 Å². The SMILES string of the molecule is NC(=O)c1nn(CC(=O)N2C3C[C@@H]3C[C@H]2C(=O)Nc2cccc(Cl)n2)c2ccc(C#Cc3ncccn3)cc12. The Balaban J connectivity index is 1.25. The minimum Gasteiger partial charge on any atom is -0.364 e. The largest absolute Gasteiger partial charge is 0.364 e. The van der Waals surface area contributed by atoms with Crippen LogP contribution in [0.3, 0.4) is 0 Å². The van der Waals surface area contributed by atoms with Gasteiger partial charge in [0.2, 0.25) is 17.6 Å². The van der Waals surface area contributed by atoms with Gasteiger partial charge in [-0.3, -0.25) is 19.1 Å². The average molecular weight is 541 g/mol. The molecular formula is C27H21ClN8O3. The minimum absolute atomic E-state index is 0.0000836. The first-order valence-corrected chi connectivity index (χ1v) is 12.6. The molecule has 3 N–H and O–H groups in total. The van der Waals surface area contributed by atoms with E-state index in [-0.39, 0.29) is 41.2 Å². The molecule has 2 fully saturated rings. The smallest absolute Gasteiger partial charge is 0.269 e. The maximum Gasteiger partial charge on any atom is 0.269 e. The third-order valence-corrected chi connectivity index (χ3v) is 7.03. The number of piperidine rings is 1. The van der Waals surface area contributed by atoms with E-state index in [1.807, 2.05) is 0 Å². The normalized spacial score (nSPS) is 19.2. The molecule has 4 aromatic rings. The number of nitrogens with one attached hydrogen (secondary N) is 1. The van der Waals surface area contributed by atoms with E-state index in [9.17, 15) is 14.4 Å². The van der Waals surface area contributed by atoms with Gasteiger partial charge in [0.1, 0.15) is 23.6 Å². The van der Waals surface area contributed by atoms with Crippen LogP contribution in [-0.2, 0) is 16.1 Å². The monoisotopic (exact) mass is 540 g/mol. The van der Waals surface area contributed by atoms with Crippen molar-refractivity contribution in [3.63, 3.8) is 0 Å². The van der Waals surface area contributed by atoms with E-state index in [0.717, 1.165) is 6.42 Å². The molecule has 0 bridgehead atoms. The van der Waals surface area contributed by atoms with Gasteiger partial charge in [-0.15, -0.1) is 0 Å². The zero-order valence-electron chi connectivity index (χ0n) is 20.4. The summed E-state index contributed by atoms with van der Waals surface area (Å²) in [6.07, 6.45) is 4.62.